The predicted octanol–water partition coefficient (Wildman–Crippen LogP) is 2.92. The number of hydrogen-bond acceptors (Lipinski definition) is 2. The van der Waals surface area contributed by atoms with Crippen LogP contribution in [0.15, 0.2) is 18.2 Å². The van der Waals surface area contributed by atoms with Gasteiger partial charge < -0.3 is 4.74 Å². The molecule has 1 unspecified atom stereocenters. The van der Waals surface area contributed by atoms with Gasteiger partial charge in [-0.15, -0.1) is 0 Å². The molecule has 100 valence electrons. The molecule has 1 aromatic rings. The van der Waals surface area contributed by atoms with Gasteiger partial charge in [0, 0.05) is 26.2 Å². The van der Waals surface area contributed by atoms with Gasteiger partial charge in [-0.05, 0) is 38.0 Å². The fourth-order valence-electron chi connectivity index (χ4n) is 2.55. The van der Waals surface area contributed by atoms with Gasteiger partial charge >= 0.3 is 0 Å². The third-order valence-electron chi connectivity index (χ3n) is 3.83. The van der Waals surface area contributed by atoms with E-state index in [-0.39, 0.29) is 0 Å². The second kappa shape index (κ2) is 4.94. The van der Waals surface area contributed by atoms with Crippen LogP contribution in [0.3, 0.4) is 0 Å². The van der Waals surface area contributed by atoms with Crippen LogP contribution < -0.4 is 0 Å². The lowest BCUT2D eigenvalue weighted by Crippen LogP contribution is -2.35. The lowest BCUT2D eigenvalue weighted by molar-refractivity contribution is -0.00835. The molecule has 1 aliphatic rings. The summed E-state index contributed by atoms with van der Waals surface area (Å²) in [5.41, 5.74) is 0.200. The molecule has 1 heterocycles. The van der Waals surface area contributed by atoms with E-state index in [2.05, 4.69) is 18.7 Å². The molecule has 0 aliphatic carbocycles. The zero-order valence-corrected chi connectivity index (χ0v) is 11.0. The van der Waals surface area contributed by atoms with Gasteiger partial charge in [-0.3, -0.25) is 4.90 Å². The molecule has 1 atom stereocenters. The first kappa shape index (κ1) is 13.4. The molecule has 0 N–H and O–H groups in total. The molecule has 0 bridgehead atoms. The smallest absolute Gasteiger partial charge is 0.159 e. The largest absolute Gasteiger partial charge is 0.372 e. The summed E-state index contributed by atoms with van der Waals surface area (Å²) in [5.74, 6) is -1.63. The van der Waals surface area contributed by atoms with E-state index in [0.717, 1.165) is 13.0 Å². The van der Waals surface area contributed by atoms with Crippen molar-refractivity contribution in [2.75, 3.05) is 20.2 Å². The van der Waals surface area contributed by atoms with Crippen LogP contribution in [0.1, 0.15) is 25.8 Å². The molecule has 1 aliphatic heterocycles. The zero-order valence-electron chi connectivity index (χ0n) is 11.0. The number of halogens is 2. The summed E-state index contributed by atoms with van der Waals surface area (Å²) in [6, 6.07) is 4.46. The predicted molar refractivity (Wildman–Crippen MR) is 66.4 cm³/mol. The van der Waals surface area contributed by atoms with E-state index in [0.29, 0.717) is 18.2 Å². The van der Waals surface area contributed by atoms with Crippen molar-refractivity contribution in [3.05, 3.63) is 35.4 Å². The summed E-state index contributed by atoms with van der Waals surface area (Å²) in [7, 11) is 1.63. The Hall–Kier alpha value is -1.00. The number of rotatable bonds is 3. The number of methoxy groups -OCH3 is 1. The van der Waals surface area contributed by atoms with Gasteiger partial charge in [-0.2, -0.15) is 0 Å². The minimum atomic E-state index is -0.816. The van der Waals surface area contributed by atoms with Crippen molar-refractivity contribution in [2.45, 2.75) is 31.9 Å². The van der Waals surface area contributed by atoms with Crippen LogP contribution in [0.5, 0.6) is 0 Å². The first-order chi connectivity index (χ1) is 8.48. The Balaban J connectivity index is 2.31. The molecular formula is C14H19F2NO. The summed E-state index contributed by atoms with van der Waals surface area (Å²) in [6.07, 6.45) is 0.798. The van der Waals surface area contributed by atoms with Crippen molar-refractivity contribution in [1.29, 1.82) is 0 Å². The van der Waals surface area contributed by atoms with Gasteiger partial charge in [-0.1, -0.05) is 6.07 Å². The second-order valence-electron chi connectivity index (χ2n) is 5.14. The molecular weight excluding hydrogens is 236 g/mol. The molecule has 2 rings (SSSR count). The highest BCUT2D eigenvalue weighted by molar-refractivity contribution is 5.26. The van der Waals surface area contributed by atoms with Gasteiger partial charge in [0.25, 0.3) is 0 Å². The summed E-state index contributed by atoms with van der Waals surface area (Å²) in [6.45, 7) is 5.87. The Labute approximate surface area is 107 Å². The van der Waals surface area contributed by atoms with Crippen LogP contribution in [0.2, 0.25) is 0 Å². The van der Waals surface area contributed by atoms with E-state index >= 15 is 0 Å². The average molecular weight is 255 g/mol. The highest BCUT2D eigenvalue weighted by Gasteiger charge is 2.40. The van der Waals surface area contributed by atoms with E-state index < -0.39 is 17.2 Å². The lowest BCUT2D eigenvalue weighted by Gasteiger charge is -2.29. The fraction of sp³-hybridized carbons (Fsp3) is 0.571. The van der Waals surface area contributed by atoms with Crippen molar-refractivity contribution in [1.82, 2.24) is 4.90 Å². The normalized spacial score (nSPS) is 25.0. The van der Waals surface area contributed by atoms with Crippen molar-refractivity contribution in [2.24, 2.45) is 0 Å². The molecule has 2 nitrogen and oxygen atoms in total. The highest BCUT2D eigenvalue weighted by Crippen LogP contribution is 2.36. The maximum Gasteiger partial charge on any atom is 0.159 e. The van der Waals surface area contributed by atoms with Crippen molar-refractivity contribution < 1.29 is 13.5 Å². The van der Waals surface area contributed by atoms with E-state index in [9.17, 15) is 8.78 Å². The highest BCUT2D eigenvalue weighted by atomic mass is 19.2. The average Bonchev–Trinajstić information content (AvgIpc) is 2.78. The first-order valence-corrected chi connectivity index (χ1v) is 6.23. The van der Waals surface area contributed by atoms with Crippen LogP contribution in [-0.4, -0.2) is 31.1 Å². The van der Waals surface area contributed by atoms with Crippen LogP contribution in [0.25, 0.3) is 0 Å². The molecule has 0 radical (unpaired) electrons. The van der Waals surface area contributed by atoms with E-state index in [1.165, 1.54) is 12.1 Å². The molecule has 0 aromatic heterocycles. The standard InChI is InChI=1S/C14H19F2NO/c1-10(2)17-7-6-14(9-17,18-3)11-4-5-12(15)13(16)8-11/h4-5,8,10H,6-7,9H2,1-3H3. The van der Waals surface area contributed by atoms with Crippen molar-refractivity contribution in [3.63, 3.8) is 0 Å². The van der Waals surface area contributed by atoms with Crippen LogP contribution >= 0.6 is 0 Å². The van der Waals surface area contributed by atoms with Crippen LogP contribution in [0.4, 0.5) is 8.78 Å². The molecule has 0 amide bonds. The number of ether oxygens (including phenoxy) is 1. The molecule has 1 saturated heterocycles. The van der Waals surface area contributed by atoms with E-state index in [1.54, 1.807) is 13.2 Å². The van der Waals surface area contributed by atoms with Gasteiger partial charge in [-0.25, -0.2) is 8.78 Å². The minimum absolute atomic E-state index is 0.423. The zero-order chi connectivity index (χ0) is 13.3. The Bertz CT molecular complexity index is 436. The maximum absolute atomic E-state index is 13.4. The SMILES string of the molecule is COC1(c2ccc(F)c(F)c2)CCN(C(C)C)C1. The van der Waals surface area contributed by atoms with E-state index in [4.69, 9.17) is 4.74 Å². The van der Waals surface area contributed by atoms with Gasteiger partial charge in [0.15, 0.2) is 11.6 Å². The molecule has 1 fully saturated rings. The number of nitrogens with zero attached hydrogens (tertiary/aromatic N) is 1. The maximum atomic E-state index is 13.4. The molecule has 0 spiro atoms. The summed E-state index contributed by atoms with van der Waals surface area (Å²) in [4.78, 5) is 2.28. The van der Waals surface area contributed by atoms with Crippen LogP contribution in [-0.2, 0) is 10.3 Å². The van der Waals surface area contributed by atoms with Crippen molar-refractivity contribution >= 4 is 0 Å². The lowest BCUT2D eigenvalue weighted by atomic mass is 9.92. The van der Waals surface area contributed by atoms with Gasteiger partial charge in [0.2, 0.25) is 0 Å². The quantitative estimate of drug-likeness (QED) is 0.823. The third kappa shape index (κ3) is 2.27. The monoisotopic (exact) mass is 255 g/mol. The van der Waals surface area contributed by atoms with E-state index in [1.807, 2.05) is 0 Å². The van der Waals surface area contributed by atoms with Crippen molar-refractivity contribution in [3.8, 4) is 0 Å². The molecule has 0 saturated carbocycles. The Kier molecular flexibility index (Phi) is 3.69. The number of likely N-dealkylation sites (tertiary alicyclic amines) is 1. The summed E-state index contributed by atoms with van der Waals surface area (Å²) in [5, 5.41) is 0. The minimum Gasteiger partial charge on any atom is -0.372 e. The summed E-state index contributed by atoms with van der Waals surface area (Å²) < 4.78 is 32.0. The second-order valence-corrected chi connectivity index (χ2v) is 5.14. The first-order valence-electron chi connectivity index (χ1n) is 6.23. The van der Waals surface area contributed by atoms with Gasteiger partial charge in [0.1, 0.15) is 5.60 Å². The molecule has 4 heteroatoms. The number of hydrogen-bond donors (Lipinski definition) is 0. The Morgan fingerprint density at radius 2 is 2.00 bits per heavy atom. The number of benzene rings is 1. The van der Waals surface area contributed by atoms with Gasteiger partial charge in [0.05, 0.1) is 0 Å². The Morgan fingerprint density at radius 1 is 1.28 bits per heavy atom. The molecule has 1 aromatic carbocycles. The van der Waals surface area contributed by atoms with Crippen LogP contribution in [0, 0.1) is 11.6 Å². The topological polar surface area (TPSA) is 12.5 Å². The Morgan fingerprint density at radius 3 is 2.50 bits per heavy atom. The third-order valence-corrected chi connectivity index (χ3v) is 3.83. The molecule has 18 heavy (non-hydrogen) atoms. The fourth-order valence-corrected chi connectivity index (χ4v) is 2.55. The summed E-state index contributed by atoms with van der Waals surface area (Å²) >= 11 is 0.